The molecule has 0 fully saturated rings. The third-order valence-electron chi connectivity index (χ3n) is 4.58. The molecule has 7 nitrogen and oxygen atoms in total. The van der Waals surface area contributed by atoms with Crippen LogP contribution >= 0.6 is 0 Å². The molecular formula is C18H19N5O2. The second kappa shape index (κ2) is 5.77. The lowest BCUT2D eigenvalue weighted by Crippen LogP contribution is -2.15. The van der Waals surface area contributed by atoms with Gasteiger partial charge in [0.25, 0.3) is 5.56 Å². The monoisotopic (exact) mass is 337 g/mol. The Balaban J connectivity index is 1.65. The van der Waals surface area contributed by atoms with Crippen LogP contribution in [-0.4, -0.2) is 24.4 Å². The van der Waals surface area contributed by atoms with E-state index in [4.69, 9.17) is 4.42 Å². The Labute approximate surface area is 143 Å². The first-order chi connectivity index (χ1) is 12.0. The fraction of sp³-hybridized carbons (Fsp3) is 0.278. The maximum absolute atomic E-state index is 12.4. The summed E-state index contributed by atoms with van der Waals surface area (Å²) in [6.45, 7) is 4.07. The molecule has 25 heavy (non-hydrogen) atoms. The minimum atomic E-state index is -0.127. The molecule has 0 bridgehead atoms. The summed E-state index contributed by atoms with van der Waals surface area (Å²) in [7, 11) is 1.94. The van der Waals surface area contributed by atoms with Crippen molar-refractivity contribution in [3.8, 4) is 11.5 Å². The molecule has 0 aliphatic rings. The zero-order valence-electron chi connectivity index (χ0n) is 14.4. The number of hydrogen-bond acceptors (Lipinski definition) is 4. The Hall–Kier alpha value is -3.09. The zero-order valence-corrected chi connectivity index (χ0v) is 14.4. The molecule has 4 aromatic rings. The van der Waals surface area contributed by atoms with Crippen LogP contribution in [0, 0.1) is 13.8 Å². The van der Waals surface area contributed by atoms with Crippen molar-refractivity contribution in [1.82, 2.24) is 24.4 Å². The SMILES string of the molecule is Cc1nn(C)c(C)c1CCc1cc(=O)n2[nH]c(-c3ccco3)cc2n1. The molecule has 0 unspecified atom stereocenters. The van der Waals surface area contributed by atoms with Gasteiger partial charge in [-0.15, -0.1) is 0 Å². The standard InChI is InChI=1S/C18H19N5O2/c1-11-14(12(2)22(3)20-11)7-6-13-9-18(24)23-17(19-13)10-15(21-23)16-5-4-8-25-16/h4-5,8-10,21H,6-7H2,1-3H3. The Morgan fingerprint density at radius 1 is 1.24 bits per heavy atom. The molecule has 0 atom stereocenters. The van der Waals surface area contributed by atoms with E-state index in [1.165, 1.54) is 10.1 Å². The Kier molecular flexibility index (Phi) is 3.56. The van der Waals surface area contributed by atoms with E-state index in [9.17, 15) is 4.79 Å². The molecule has 4 aromatic heterocycles. The predicted octanol–water partition coefficient (Wildman–Crippen LogP) is 2.42. The Morgan fingerprint density at radius 3 is 2.76 bits per heavy atom. The van der Waals surface area contributed by atoms with Crippen molar-refractivity contribution < 1.29 is 4.42 Å². The van der Waals surface area contributed by atoms with E-state index in [1.54, 1.807) is 18.4 Å². The number of nitrogens with one attached hydrogen (secondary N) is 1. The highest BCUT2D eigenvalue weighted by atomic mass is 16.3. The van der Waals surface area contributed by atoms with Gasteiger partial charge >= 0.3 is 0 Å². The number of nitrogens with zero attached hydrogens (tertiary/aromatic N) is 4. The van der Waals surface area contributed by atoms with Gasteiger partial charge in [0.2, 0.25) is 0 Å². The largest absolute Gasteiger partial charge is 0.463 e. The highest BCUT2D eigenvalue weighted by Crippen LogP contribution is 2.19. The molecule has 7 heteroatoms. The summed E-state index contributed by atoms with van der Waals surface area (Å²) in [5.74, 6) is 0.674. The highest BCUT2D eigenvalue weighted by molar-refractivity contribution is 5.58. The fourth-order valence-electron chi connectivity index (χ4n) is 3.16. The maximum atomic E-state index is 12.4. The number of hydrogen-bond donors (Lipinski definition) is 1. The van der Waals surface area contributed by atoms with Crippen molar-refractivity contribution in [1.29, 1.82) is 0 Å². The van der Waals surface area contributed by atoms with Crippen molar-refractivity contribution in [2.75, 3.05) is 0 Å². The van der Waals surface area contributed by atoms with Crippen LogP contribution < -0.4 is 5.56 Å². The highest BCUT2D eigenvalue weighted by Gasteiger charge is 2.12. The number of aryl methyl sites for hydroxylation is 3. The molecule has 0 spiro atoms. The average molecular weight is 337 g/mol. The summed E-state index contributed by atoms with van der Waals surface area (Å²) in [6.07, 6.45) is 3.10. The van der Waals surface area contributed by atoms with E-state index in [2.05, 4.69) is 22.1 Å². The first-order valence-electron chi connectivity index (χ1n) is 8.17. The number of aromatic amines is 1. The summed E-state index contributed by atoms with van der Waals surface area (Å²) < 4.78 is 8.69. The van der Waals surface area contributed by atoms with Crippen LogP contribution in [0.25, 0.3) is 17.1 Å². The van der Waals surface area contributed by atoms with Crippen molar-refractivity contribution in [3.05, 3.63) is 63.5 Å². The molecule has 0 radical (unpaired) electrons. The fourth-order valence-corrected chi connectivity index (χ4v) is 3.16. The summed E-state index contributed by atoms with van der Waals surface area (Å²) in [6, 6.07) is 7.05. The normalized spacial score (nSPS) is 11.5. The van der Waals surface area contributed by atoms with Gasteiger partial charge in [-0.3, -0.25) is 14.6 Å². The molecule has 1 N–H and O–H groups in total. The molecule has 0 amide bonds. The van der Waals surface area contributed by atoms with E-state index in [1.807, 2.05) is 30.8 Å². The Bertz CT molecular complexity index is 1100. The molecule has 4 heterocycles. The summed E-state index contributed by atoms with van der Waals surface area (Å²) in [5, 5.41) is 7.46. The van der Waals surface area contributed by atoms with Gasteiger partial charge in [0.05, 0.1) is 12.0 Å². The lowest BCUT2D eigenvalue weighted by Gasteiger charge is -2.03. The van der Waals surface area contributed by atoms with Crippen LogP contribution in [0.5, 0.6) is 0 Å². The van der Waals surface area contributed by atoms with Crippen LogP contribution in [0.1, 0.15) is 22.6 Å². The van der Waals surface area contributed by atoms with Gasteiger partial charge in [0, 0.05) is 30.6 Å². The molecule has 0 saturated carbocycles. The minimum absolute atomic E-state index is 0.127. The molecule has 0 aromatic carbocycles. The second-order valence-electron chi connectivity index (χ2n) is 6.20. The maximum Gasteiger partial charge on any atom is 0.272 e. The van der Waals surface area contributed by atoms with Crippen LogP contribution in [-0.2, 0) is 19.9 Å². The molecule has 0 saturated heterocycles. The number of rotatable bonds is 4. The lowest BCUT2D eigenvalue weighted by atomic mass is 10.1. The van der Waals surface area contributed by atoms with Gasteiger partial charge in [-0.1, -0.05) is 0 Å². The number of furan rings is 1. The summed E-state index contributed by atoms with van der Waals surface area (Å²) >= 11 is 0. The average Bonchev–Trinajstić information content (AvgIpc) is 3.27. The van der Waals surface area contributed by atoms with Gasteiger partial charge in [-0.25, -0.2) is 9.50 Å². The van der Waals surface area contributed by atoms with E-state index in [0.29, 0.717) is 17.8 Å². The molecule has 0 aliphatic heterocycles. The van der Waals surface area contributed by atoms with Crippen molar-refractivity contribution in [3.63, 3.8) is 0 Å². The van der Waals surface area contributed by atoms with E-state index in [-0.39, 0.29) is 5.56 Å². The quantitative estimate of drug-likeness (QED) is 0.620. The van der Waals surface area contributed by atoms with Gasteiger partial charge in [0.1, 0.15) is 5.69 Å². The third kappa shape index (κ3) is 2.67. The van der Waals surface area contributed by atoms with Gasteiger partial charge in [0.15, 0.2) is 11.4 Å². The topological polar surface area (TPSA) is 81.1 Å². The van der Waals surface area contributed by atoms with Gasteiger partial charge in [-0.05, 0) is 44.4 Å². The van der Waals surface area contributed by atoms with Gasteiger partial charge in [-0.2, -0.15) is 5.10 Å². The predicted molar refractivity (Wildman–Crippen MR) is 93.6 cm³/mol. The van der Waals surface area contributed by atoms with Crippen LogP contribution in [0.3, 0.4) is 0 Å². The molecule has 4 rings (SSSR count). The molecule has 0 aliphatic carbocycles. The van der Waals surface area contributed by atoms with Crippen molar-refractivity contribution in [2.45, 2.75) is 26.7 Å². The summed E-state index contributed by atoms with van der Waals surface area (Å²) in [4.78, 5) is 17.0. The first kappa shape index (κ1) is 15.4. The zero-order chi connectivity index (χ0) is 17.6. The van der Waals surface area contributed by atoms with Crippen LogP contribution in [0.2, 0.25) is 0 Å². The third-order valence-corrected chi connectivity index (χ3v) is 4.58. The van der Waals surface area contributed by atoms with Crippen LogP contribution in [0.15, 0.2) is 39.7 Å². The van der Waals surface area contributed by atoms with Gasteiger partial charge < -0.3 is 4.42 Å². The lowest BCUT2D eigenvalue weighted by molar-refractivity contribution is 0.579. The molecular weight excluding hydrogens is 318 g/mol. The van der Waals surface area contributed by atoms with Crippen molar-refractivity contribution in [2.24, 2.45) is 7.05 Å². The van der Waals surface area contributed by atoms with E-state index < -0.39 is 0 Å². The van der Waals surface area contributed by atoms with E-state index in [0.717, 1.165) is 29.2 Å². The summed E-state index contributed by atoms with van der Waals surface area (Å²) in [5.41, 5.74) is 5.36. The Morgan fingerprint density at radius 2 is 2.08 bits per heavy atom. The molecule has 128 valence electrons. The van der Waals surface area contributed by atoms with E-state index >= 15 is 0 Å². The van der Waals surface area contributed by atoms with Crippen LogP contribution in [0.4, 0.5) is 0 Å². The number of fused-ring (bicyclic) bond motifs is 1. The second-order valence-corrected chi connectivity index (χ2v) is 6.20. The number of aromatic nitrogens is 5. The number of H-pyrrole nitrogens is 1. The minimum Gasteiger partial charge on any atom is -0.463 e. The smallest absolute Gasteiger partial charge is 0.272 e. The van der Waals surface area contributed by atoms with Crippen molar-refractivity contribution >= 4 is 5.65 Å². The first-order valence-corrected chi connectivity index (χ1v) is 8.17.